The van der Waals surface area contributed by atoms with Crippen molar-refractivity contribution in [3.05, 3.63) is 70.8 Å². The third-order valence-electron chi connectivity index (χ3n) is 3.93. The number of rotatable bonds is 2. The van der Waals surface area contributed by atoms with Gasteiger partial charge in [-0.25, -0.2) is 8.78 Å². The van der Waals surface area contributed by atoms with E-state index in [9.17, 15) is 8.78 Å². The van der Waals surface area contributed by atoms with E-state index in [-0.39, 0.29) is 5.92 Å². The Bertz CT molecular complexity index is 609. The number of benzene rings is 2. The van der Waals surface area contributed by atoms with Crippen LogP contribution >= 0.6 is 0 Å². The van der Waals surface area contributed by atoms with Gasteiger partial charge in [0, 0.05) is 23.6 Å². The monoisotopic (exact) mass is 259 g/mol. The van der Waals surface area contributed by atoms with E-state index in [2.05, 4.69) is 6.07 Å². The molecule has 0 saturated carbocycles. The Morgan fingerprint density at radius 1 is 1.11 bits per heavy atom. The molecule has 0 heterocycles. The van der Waals surface area contributed by atoms with Crippen molar-refractivity contribution in [1.82, 2.24) is 0 Å². The summed E-state index contributed by atoms with van der Waals surface area (Å²) in [5, 5.41) is 0. The zero-order chi connectivity index (χ0) is 13.4. The number of hydrogen-bond donors (Lipinski definition) is 1. The fourth-order valence-corrected chi connectivity index (χ4v) is 2.95. The van der Waals surface area contributed by atoms with Crippen molar-refractivity contribution in [1.29, 1.82) is 0 Å². The summed E-state index contributed by atoms with van der Waals surface area (Å²) in [6.07, 6.45) is 1.88. The summed E-state index contributed by atoms with van der Waals surface area (Å²) in [7, 11) is 0. The Hall–Kier alpha value is -1.74. The van der Waals surface area contributed by atoms with Crippen LogP contribution in [-0.4, -0.2) is 0 Å². The third kappa shape index (κ3) is 2.15. The Labute approximate surface area is 111 Å². The predicted octanol–water partition coefficient (Wildman–Crippen LogP) is 3.69. The maximum atomic E-state index is 13.8. The molecule has 2 unspecified atom stereocenters. The molecule has 0 spiro atoms. The summed E-state index contributed by atoms with van der Waals surface area (Å²) in [6, 6.07) is 11.3. The number of fused-ring (bicyclic) bond motifs is 1. The molecule has 0 fully saturated rings. The van der Waals surface area contributed by atoms with Gasteiger partial charge in [-0.2, -0.15) is 0 Å². The highest BCUT2D eigenvalue weighted by Crippen LogP contribution is 2.40. The first-order chi connectivity index (χ1) is 9.16. The average Bonchev–Trinajstić information content (AvgIpc) is 2.82. The minimum atomic E-state index is -0.569. The van der Waals surface area contributed by atoms with Crippen molar-refractivity contribution in [3.8, 4) is 0 Å². The number of hydrogen-bond acceptors (Lipinski definition) is 1. The molecule has 0 aromatic heterocycles. The first kappa shape index (κ1) is 12.3. The van der Waals surface area contributed by atoms with Gasteiger partial charge in [0.2, 0.25) is 0 Å². The summed E-state index contributed by atoms with van der Waals surface area (Å²) >= 11 is 0. The molecule has 0 bridgehead atoms. The summed E-state index contributed by atoms with van der Waals surface area (Å²) in [5.41, 5.74) is 9.07. The molecule has 3 heteroatoms. The number of nitrogens with two attached hydrogens (primary N) is 1. The second-order valence-electron chi connectivity index (χ2n) is 5.04. The second kappa shape index (κ2) is 4.74. The summed E-state index contributed by atoms with van der Waals surface area (Å²) in [5.74, 6) is -1.02. The molecule has 98 valence electrons. The van der Waals surface area contributed by atoms with Crippen LogP contribution in [0.2, 0.25) is 0 Å². The van der Waals surface area contributed by atoms with Crippen LogP contribution in [0.15, 0.2) is 42.5 Å². The lowest BCUT2D eigenvalue weighted by Crippen LogP contribution is -2.19. The summed E-state index contributed by atoms with van der Waals surface area (Å²) in [6.45, 7) is 0. The van der Waals surface area contributed by atoms with E-state index in [0.29, 0.717) is 5.56 Å². The molecule has 2 aromatic rings. The Kier molecular flexibility index (Phi) is 3.07. The smallest absolute Gasteiger partial charge is 0.130 e. The maximum Gasteiger partial charge on any atom is 0.130 e. The topological polar surface area (TPSA) is 26.0 Å². The Morgan fingerprint density at radius 3 is 2.68 bits per heavy atom. The molecule has 1 aliphatic carbocycles. The van der Waals surface area contributed by atoms with E-state index in [0.717, 1.165) is 18.9 Å². The number of aryl methyl sites for hydroxylation is 1. The van der Waals surface area contributed by atoms with Gasteiger partial charge in [0.1, 0.15) is 11.6 Å². The lowest BCUT2D eigenvalue weighted by atomic mass is 9.89. The highest BCUT2D eigenvalue weighted by atomic mass is 19.1. The maximum absolute atomic E-state index is 13.8. The van der Waals surface area contributed by atoms with Crippen LogP contribution in [0.25, 0.3) is 0 Å². The fraction of sp³-hybridized carbons (Fsp3) is 0.250. The van der Waals surface area contributed by atoms with Gasteiger partial charge in [0.15, 0.2) is 0 Å². The zero-order valence-electron chi connectivity index (χ0n) is 10.4. The first-order valence-electron chi connectivity index (χ1n) is 6.45. The van der Waals surface area contributed by atoms with Crippen LogP contribution in [0.3, 0.4) is 0 Å². The van der Waals surface area contributed by atoms with Gasteiger partial charge in [0.25, 0.3) is 0 Å². The van der Waals surface area contributed by atoms with Crippen LogP contribution in [0.5, 0.6) is 0 Å². The van der Waals surface area contributed by atoms with E-state index >= 15 is 0 Å². The molecular weight excluding hydrogens is 244 g/mol. The summed E-state index contributed by atoms with van der Waals surface area (Å²) < 4.78 is 26.8. The van der Waals surface area contributed by atoms with Crippen molar-refractivity contribution < 1.29 is 8.78 Å². The van der Waals surface area contributed by atoms with E-state index < -0.39 is 17.7 Å². The molecule has 0 amide bonds. The number of halogens is 2. The van der Waals surface area contributed by atoms with Crippen molar-refractivity contribution >= 4 is 0 Å². The highest BCUT2D eigenvalue weighted by molar-refractivity contribution is 5.38. The molecule has 2 N–H and O–H groups in total. The third-order valence-corrected chi connectivity index (χ3v) is 3.93. The van der Waals surface area contributed by atoms with Gasteiger partial charge in [-0.15, -0.1) is 0 Å². The summed E-state index contributed by atoms with van der Waals surface area (Å²) in [4.78, 5) is 0. The standard InChI is InChI=1S/C16H15F2N/c17-11-6-8-14(15(18)9-11)16(19)13-7-5-10-3-1-2-4-12(10)13/h1-4,6,8-9,13,16H,5,7,19H2. The average molecular weight is 259 g/mol. The van der Waals surface area contributed by atoms with Crippen molar-refractivity contribution in [2.24, 2.45) is 5.73 Å². The SMILES string of the molecule is NC(c1ccc(F)cc1F)C1CCc2ccccc21. The van der Waals surface area contributed by atoms with E-state index in [1.807, 2.05) is 18.2 Å². The molecule has 19 heavy (non-hydrogen) atoms. The molecule has 3 rings (SSSR count). The van der Waals surface area contributed by atoms with Gasteiger partial charge in [-0.3, -0.25) is 0 Å². The van der Waals surface area contributed by atoms with Crippen molar-refractivity contribution in [2.75, 3.05) is 0 Å². The Balaban J connectivity index is 1.95. The van der Waals surface area contributed by atoms with Crippen LogP contribution in [0, 0.1) is 11.6 Å². The van der Waals surface area contributed by atoms with Gasteiger partial charge < -0.3 is 5.73 Å². The zero-order valence-corrected chi connectivity index (χ0v) is 10.4. The molecule has 2 atom stereocenters. The molecular formula is C16H15F2N. The lowest BCUT2D eigenvalue weighted by Gasteiger charge is -2.21. The van der Waals surface area contributed by atoms with Crippen molar-refractivity contribution in [2.45, 2.75) is 24.8 Å². The second-order valence-corrected chi connectivity index (χ2v) is 5.04. The predicted molar refractivity (Wildman–Crippen MR) is 70.8 cm³/mol. The van der Waals surface area contributed by atoms with Crippen molar-refractivity contribution in [3.63, 3.8) is 0 Å². The molecule has 1 aliphatic rings. The molecule has 1 nitrogen and oxygen atoms in total. The molecule has 2 aromatic carbocycles. The first-order valence-corrected chi connectivity index (χ1v) is 6.45. The van der Waals surface area contributed by atoms with Crippen LogP contribution in [0.1, 0.15) is 35.1 Å². The van der Waals surface area contributed by atoms with E-state index in [1.165, 1.54) is 23.3 Å². The Morgan fingerprint density at radius 2 is 1.89 bits per heavy atom. The molecule has 0 saturated heterocycles. The largest absolute Gasteiger partial charge is 0.323 e. The molecule has 0 aliphatic heterocycles. The fourth-order valence-electron chi connectivity index (χ4n) is 2.95. The normalized spacial score (nSPS) is 19.2. The van der Waals surface area contributed by atoms with Crippen LogP contribution in [-0.2, 0) is 6.42 Å². The highest BCUT2D eigenvalue weighted by Gasteiger charge is 2.29. The van der Waals surface area contributed by atoms with Gasteiger partial charge in [0.05, 0.1) is 0 Å². The minimum Gasteiger partial charge on any atom is -0.323 e. The van der Waals surface area contributed by atoms with Crippen LogP contribution < -0.4 is 5.73 Å². The van der Waals surface area contributed by atoms with E-state index in [4.69, 9.17) is 5.73 Å². The van der Waals surface area contributed by atoms with E-state index in [1.54, 1.807) is 0 Å². The minimum absolute atomic E-state index is 0.108. The lowest BCUT2D eigenvalue weighted by molar-refractivity contribution is 0.506. The quantitative estimate of drug-likeness (QED) is 0.874. The van der Waals surface area contributed by atoms with Gasteiger partial charge in [-0.05, 0) is 30.0 Å². The van der Waals surface area contributed by atoms with Crippen LogP contribution in [0.4, 0.5) is 8.78 Å². The molecule has 0 radical (unpaired) electrons. The van der Waals surface area contributed by atoms with Gasteiger partial charge >= 0.3 is 0 Å². The van der Waals surface area contributed by atoms with Gasteiger partial charge in [-0.1, -0.05) is 30.3 Å².